The Morgan fingerprint density at radius 3 is 2.46 bits per heavy atom. The number of rotatable bonds is 2. The maximum Gasteiger partial charge on any atom is 0.335 e. The molecule has 0 aromatic heterocycles. The molecule has 3 rings (SSSR count). The van der Waals surface area contributed by atoms with Gasteiger partial charge in [0.1, 0.15) is 5.60 Å². The predicted octanol–water partition coefficient (Wildman–Crippen LogP) is 4.06. The van der Waals surface area contributed by atoms with Crippen LogP contribution < -0.4 is 5.32 Å². The van der Waals surface area contributed by atoms with Gasteiger partial charge in [-0.25, -0.2) is 4.79 Å². The summed E-state index contributed by atoms with van der Waals surface area (Å²) >= 11 is 0. The van der Waals surface area contributed by atoms with Gasteiger partial charge in [-0.3, -0.25) is 4.79 Å². The van der Waals surface area contributed by atoms with Gasteiger partial charge in [-0.1, -0.05) is 13.0 Å². The molecule has 4 heteroatoms. The van der Waals surface area contributed by atoms with Gasteiger partial charge in [-0.2, -0.15) is 0 Å². The molecule has 0 atom stereocenters. The van der Waals surface area contributed by atoms with E-state index in [9.17, 15) is 9.59 Å². The summed E-state index contributed by atoms with van der Waals surface area (Å²) in [6, 6.07) is 5.83. The third-order valence-electron chi connectivity index (χ3n) is 5.50. The lowest BCUT2D eigenvalue weighted by Gasteiger charge is -2.36. The van der Waals surface area contributed by atoms with Crippen molar-refractivity contribution in [2.24, 2.45) is 5.92 Å². The van der Waals surface area contributed by atoms with E-state index in [2.05, 4.69) is 12.2 Å². The van der Waals surface area contributed by atoms with Gasteiger partial charge in [0.15, 0.2) is 0 Å². The number of anilines is 1. The molecule has 24 heavy (non-hydrogen) atoms. The molecule has 1 aromatic carbocycles. The monoisotopic (exact) mass is 327 g/mol. The quantitative estimate of drug-likeness (QED) is 0.833. The van der Waals surface area contributed by atoms with Crippen molar-refractivity contribution >= 4 is 17.6 Å². The van der Waals surface area contributed by atoms with E-state index in [1.807, 2.05) is 32.0 Å². The smallest absolute Gasteiger partial charge is 0.335 e. The zero-order valence-corrected chi connectivity index (χ0v) is 14.9. The lowest BCUT2D eigenvalue weighted by atomic mass is 9.75. The van der Waals surface area contributed by atoms with Crippen LogP contribution in [0.3, 0.4) is 0 Å². The first kappa shape index (κ1) is 16.7. The summed E-state index contributed by atoms with van der Waals surface area (Å²) < 4.78 is 5.69. The summed E-state index contributed by atoms with van der Waals surface area (Å²) in [4.78, 5) is 25.1. The zero-order chi connectivity index (χ0) is 17.5. The maximum atomic E-state index is 12.9. The van der Waals surface area contributed by atoms with E-state index in [0.29, 0.717) is 17.1 Å². The highest BCUT2D eigenvalue weighted by atomic mass is 16.6. The van der Waals surface area contributed by atoms with Crippen LogP contribution in [-0.4, -0.2) is 17.5 Å². The lowest BCUT2D eigenvalue weighted by molar-refractivity contribution is -0.150. The molecular weight excluding hydrogens is 302 g/mol. The Hall–Kier alpha value is -2.10. The van der Waals surface area contributed by atoms with Crippen molar-refractivity contribution in [3.8, 4) is 0 Å². The molecule has 1 N–H and O–H groups in total. The Morgan fingerprint density at radius 1 is 1.17 bits per heavy atom. The van der Waals surface area contributed by atoms with Gasteiger partial charge in [-0.15, -0.1) is 0 Å². The Morgan fingerprint density at radius 2 is 1.83 bits per heavy atom. The predicted molar refractivity (Wildman–Crippen MR) is 93.7 cm³/mol. The molecule has 0 unspecified atom stereocenters. The normalized spacial score (nSPS) is 26.7. The zero-order valence-electron chi connectivity index (χ0n) is 14.9. The van der Waals surface area contributed by atoms with Crippen molar-refractivity contribution < 1.29 is 14.3 Å². The minimum atomic E-state index is -0.725. The van der Waals surface area contributed by atoms with Crippen molar-refractivity contribution in [3.05, 3.63) is 40.5 Å². The number of ether oxygens (including phenoxy) is 1. The lowest BCUT2D eigenvalue weighted by Crippen LogP contribution is -2.40. The fourth-order valence-electron chi connectivity index (χ4n) is 3.72. The molecule has 1 fully saturated rings. The van der Waals surface area contributed by atoms with Crippen LogP contribution in [-0.2, 0) is 14.3 Å². The van der Waals surface area contributed by atoms with E-state index >= 15 is 0 Å². The molecule has 4 nitrogen and oxygen atoms in total. The number of carbonyl (C=O) groups is 2. The molecule has 0 saturated heterocycles. The third kappa shape index (κ3) is 2.85. The van der Waals surface area contributed by atoms with Crippen LogP contribution in [0.4, 0.5) is 5.69 Å². The fourth-order valence-corrected chi connectivity index (χ4v) is 3.72. The molecule has 1 saturated carbocycles. The number of nitrogens with one attached hydrogen (secondary N) is 1. The van der Waals surface area contributed by atoms with Gasteiger partial charge in [0.05, 0.1) is 5.57 Å². The number of amides is 1. The number of aryl methyl sites for hydroxylation is 2. The minimum Gasteiger partial charge on any atom is -0.451 e. The van der Waals surface area contributed by atoms with Crippen molar-refractivity contribution in [2.75, 3.05) is 5.32 Å². The summed E-state index contributed by atoms with van der Waals surface area (Å²) in [6.07, 6.45) is 3.40. The van der Waals surface area contributed by atoms with Gasteiger partial charge in [0, 0.05) is 11.3 Å². The van der Waals surface area contributed by atoms with Crippen LogP contribution in [0.15, 0.2) is 29.3 Å². The molecule has 1 aliphatic heterocycles. The van der Waals surface area contributed by atoms with Crippen LogP contribution in [0.2, 0.25) is 0 Å². The van der Waals surface area contributed by atoms with E-state index in [1.165, 1.54) is 5.56 Å². The first-order valence-electron chi connectivity index (χ1n) is 8.66. The van der Waals surface area contributed by atoms with Crippen molar-refractivity contribution in [1.29, 1.82) is 0 Å². The van der Waals surface area contributed by atoms with Crippen molar-refractivity contribution in [2.45, 2.75) is 59.0 Å². The largest absolute Gasteiger partial charge is 0.451 e. The average molecular weight is 327 g/mol. The van der Waals surface area contributed by atoms with Crippen LogP contribution in [0.1, 0.15) is 50.7 Å². The summed E-state index contributed by atoms with van der Waals surface area (Å²) in [5.41, 5.74) is 3.31. The average Bonchev–Trinajstić information content (AvgIpc) is 2.77. The molecule has 2 aliphatic rings. The van der Waals surface area contributed by atoms with Crippen LogP contribution in [0.5, 0.6) is 0 Å². The minimum absolute atomic E-state index is 0.212. The Bertz CT molecular complexity index is 724. The van der Waals surface area contributed by atoms with E-state index < -0.39 is 5.60 Å². The molecule has 1 spiro atoms. The molecular formula is C20H25NO3. The molecule has 0 radical (unpaired) electrons. The van der Waals surface area contributed by atoms with Gasteiger partial charge in [0.2, 0.25) is 0 Å². The first-order chi connectivity index (χ1) is 11.3. The van der Waals surface area contributed by atoms with Crippen LogP contribution >= 0.6 is 0 Å². The number of hydrogen-bond acceptors (Lipinski definition) is 3. The van der Waals surface area contributed by atoms with Crippen LogP contribution in [0, 0.1) is 19.8 Å². The Balaban J connectivity index is 1.88. The molecule has 1 heterocycles. The van der Waals surface area contributed by atoms with Crippen molar-refractivity contribution in [3.63, 3.8) is 0 Å². The second-order valence-electron chi connectivity index (χ2n) is 7.32. The molecule has 128 valence electrons. The standard InChI is InChI=1S/C20H25NO3/c1-12-7-9-20(10-8-12)17(15(4)19(23)24-20)18(22)21-16-6-5-13(2)14(3)11-16/h5-6,11-12H,7-10H2,1-4H3,(H,21,22). The number of hydrogen-bond donors (Lipinski definition) is 1. The SMILES string of the molecule is CC1=C(C(=O)Nc2ccc(C)c(C)c2)C2(CCC(C)CC2)OC1=O. The van der Waals surface area contributed by atoms with E-state index in [-0.39, 0.29) is 11.9 Å². The van der Waals surface area contributed by atoms with Gasteiger partial charge in [0.25, 0.3) is 5.91 Å². The Labute approximate surface area is 143 Å². The highest BCUT2D eigenvalue weighted by Crippen LogP contribution is 2.45. The van der Waals surface area contributed by atoms with Gasteiger partial charge >= 0.3 is 5.97 Å². The molecule has 1 aliphatic carbocycles. The van der Waals surface area contributed by atoms with Gasteiger partial charge < -0.3 is 10.1 Å². The van der Waals surface area contributed by atoms with E-state index in [0.717, 1.165) is 36.9 Å². The second-order valence-corrected chi connectivity index (χ2v) is 7.32. The number of benzene rings is 1. The summed E-state index contributed by atoms with van der Waals surface area (Å²) in [5.74, 6) is 0.0465. The number of carbonyl (C=O) groups excluding carboxylic acids is 2. The molecule has 1 amide bonds. The summed E-state index contributed by atoms with van der Waals surface area (Å²) in [5, 5.41) is 2.96. The maximum absolute atomic E-state index is 12.9. The molecule has 1 aromatic rings. The summed E-state index contributed by atoms with van der Waals surface area (Å²) in [7, 11) is 0. The van der Waals surface area contributed by atoms with Crippen molar-refractivity contribution in [1.82, 2.24) is 0 Å². The number of esters is 1. The first-order valence-corrected chi connectivity index (χ1v) is 8.66. The Kier molecular flexibility index (Phi) is 4.24. The van der Waals surface area contributed by atoms with Gasteiger partial charge in [-0.05, 0) is 75.6 Å². The van der Waals surface area contributed by atoms with Crippen LogP contribution in [0.25, 0.3) is 0 Å². The fraction of sp³-hybridized carbons (Fsp3) is 0.500. The highest BCUT2D eigenvalue weighted by Gasteiger charge is 2.50. The summed E-state index contributed by atoms with van der Waals surface area (Å²) in [6.45, 7) is 7.95. The second kappa shape index (κ2) is 6.08. The third-order valence-corrected chi connectivity index (χ3v) is 5.50. The van der Waals surface area contributed by atoms with E-state index in [4.69, 9.17) is 4.74 Å². The highest BCUT2D eigenvalue weighted by molar-refractivity contribution is 6.12. The molecule has 0 bridgehead atoms. The van der Waals surface area contributed by atoms with E-state index in [1.54, 1.807) is 6.92 Å². The topological polar surface area (TPSA) is 55.4 Å².